The molecule has 0 spiro atoms. The number of allylic oxidation sites excluding steroid dienone is 3. The van der Waals surface area contributed by atoms with E-state index < -0.39 is 35.3 Å². The van der Waals surface area contributed by atoms with Crippen LogP contribution in [0.3, 0.4) is 0 Å². The Bertz CT molecular complexity index is 1650. The van der Waals surface area contributed by atoms with Crippen LogP contribution < -0.4 is 14.8 Å². The number of carbonyl (C=O) groups is 3. The number of esters is 2. The lowest BCUT2D eigenvalue weighted by molar-refractivity contribution is -0.757. The van der Waals surface area contributed by atoms with E-state index in [9.17, 15) is 39.8 Å². The first kappa shape index (κ1) is 45.4. The Labute approximate surface area is 331 Å². The lowest BCUT2D eigenvalue weighted by Gasteiger charge is -2.19. The molecule has 5 atom stereocenters. The van der Waals surface area contributed by atoms with E-state index in [4.69, 9.17) is 30.5 Å². The summed E-state index contributed by atoms with van der Waals surface area (Å²) in [5.74, 6) is -1.00. The first-order chi connectivity index (χ1) is 26.9. The zero-order valence-corrected chi connectivity index (χ0v) is 32.1. The molecule has 4 N–H and O–H groups in total. The first-order valence-electron chi connectivity index (χ1n) is 18.4. The Hall–Kier alpha value is -4.96. The third kappa shape index (κ3) is 17.7. The molecule has 0 aromatic heterocycles. The van der Waals surface area contributed by atoms with Crippen molar-refractivity contribution in [1.29, 1.82) is 0 Å². The highest BCUT2D eigenvalue weighted by Gasteiger charge is 2.39. The average Bonchev–Trinajstić information content (AvgIpc) is 3.44. The van der Waals surface area contributed by atoms with Gasteiger partial charge in [-0.25, -0.2) is 4.79 Å². The molecule has 2 aromatic carbocycles. The number of methoxy groups -OCH3 is 1. The monoisotopic (exact) mass is 802 g/mol. The molecule has 0 heterocycles. The fourth-order valence-electron chi connectivity index (χ4n) is 5.87. The summed E-state index contributed by atoms with van der Waals surface area (Å²) in [4.78, 5) is 50.8. The topological polar surface area (TPSA) is 213 Å². The van der Waals surface area contributed by atoms with Crippen molar-refractivity contribution in [2.24, 2.45) is 11.8 Å². The third-order valence-corrected chi connectivity index (χ3v) is 9.03. The molecule has 0 aliphatic heterocycles. The Kier molecular flexibility index (Phi) is 20.5. The van der Waals surface area contributed by atoms with Gasteiger partial charge in [-0.05, 0) is 74.3 Å². The maximum absolute atomic E-state index is 12.3. The minimum Gasteiger partial charge on any atom is -0.496 e. The number of aliphatic hydroxyl groups is 3. The molecule has 1 fully saturated rings. The molecule has 0 unspecified atom stereocenters. The van der Waals surface area contributed by atoms with E-state index in [2.05, 4.69) is 10.2 Å². The molecule has 16 heteroatoms. The van der Waals surface area contributed by atoms with E-state index in [1.165, 1.54) is 13.2 Å². The number of carbonyl (C=O) groups excluding carboxylic acids is 3. The minimum absolute atomic E-state index is 0.00876. The van der Waals surface area contributed by atoms with Gasteiger partial charge in [0.25, 0.3) is 5.09 Å². The van der Waals surface area contributed by atoms with Gasteiger partial charge in [-0.15, -0.1) is 10.1 Å². The van der Waals surface area contributed by atoms with E-state index >= 15 is 0 Å². The molecule has 2 aromatic rings. The van der Waals surface area contributed by atoms with Gasteiger partial charge in [-0.3, -0.25) is 9.59 Å². The SMILES string of the molecule is COc1cc(C/C=C/C(=O)OCCCCO[N+](=O)[O-])ccc1COC(=O)CNC(=O)CCC/C=C\C[C@@H]1[C@@H](/C=C/[C@@H](O)COc2cccc(Cl)c2)[C@H](O)C[C@@H]1O. The maximum atomic E-state index is 12.3. The maximum Gasteiger partial charge on any atom is 0.330 e. The number of aliphatic hydroxyl groups excluding tert-OH is 3. The number of nitrogens with zero attached hydrogens (tertiary/aromatic N) is 1. The van der Waals surface area contributed by atoms with E-state index in [0.717, 1.165) is 5.56 Å². The number of ether oxygens (including phenoxy) is 4. The summed E-state index contributed by atoms with van der Waals surface area (Å²) in [6, 6.07) is 12.1. The molecular weight excluding hydrogens is 752 g/mol. The van der Waals surface area contributed by atoms with Crippen LogP contribution in [0.4, 0.5) is 0 Å². The predicted octanol–water partition coefficient (Wildman–Crippen LogP) is 4.61. The van der Waals surface area contributed by atoms with Crippen molar-refractivity contribution >= 4 is 29.4 Å². The second-order valence-electron chi connectivity index (χ2n) is 13.1. The number of amides is 1. The van der Waals surface area contributed by atoms with Gasteiger partial charge in [0, 0.05) is 35.4 Å². The second-order valence-corrected chi connectivity index (χ2v) is 13.5. The number of hydrogen-bond acceptors (Lipinski definition) is 13. The van der Waals surface area contributed by atoms with Crippen molar-refractivity contribution in [2.75, 3.05) is 33.5 Å². The second kappa shape index (κ2) is 25.2. The lowest BCUT2D eigenvalue weighted by atomic mass is 9.89. The van der Waals surface area contributed by atoms with Crippen LogP contribution in [-0.2, 0) is 41.7 Å². The van der Waals surface area contributed by atoms with E-state index in [0.29, 0.717) is 60.6 Å². The van der Waals surface area contributed by atoms with Crippen molar-refractivity contribution in [1.82, 2.24) is 5.32 Å². The van der Waals surface area contributed by atoms with Gasteiger partial charge >= 0.3 is 11.9 Å². The normalized spacial score (nSPS) is 18.6. The molecule has 1 saturated carbocycles. The summed E-state index contributed by atoms with van der Waals surface area (Å²) in [5.41, 5.74) is 1.45. The molecule has 15 nitrogen and oxygen atoms in total. The number of nitrogens with one attached hydrogen (secondary N) is 1. The van der Waals surface area contributed by atoms with E-state index in [-0.39, 0.29) is 63.6 Å². The summed E-state index contributed by atoms with van der Waals surface area (Å²) < 4.78 is 21.4. The van der Waals surface area contributed by atoms with E-state index in [1.807, 2.05) is 12.2 Å². The molecule has 0 saturated heterocycles. The van der Waals surface area contributed by atoms with Crippen molar-refractivity contribution in [3.05, 3.63) is 105 Å². The van der Waals surface area contributed by atoms with Crippen LogP contribution in [0.15, 0.2) is 78.9 Å². The molecule has 56 heavy (non-hydrogen) atoms. The van der Waals surface area contributed by atoms with Gasteiger partial charge in [0.15, 0.2) is 0 Å². The van der Waals surface area contributed by atoms with Crippen LogP contribution in [0.1, 0.15) is 56.1 Å². The van der Waals surface area contributed by atoms with Crippen LogP contribution in [0.2, 0.25) is 5.02 Å². The number of halogens is 1. The number of unbranched alkanes of at least 4 members (excludes halogenated alkanes) is 2. The van der Waals surface area contributed by atoms with Crippen LogP contribution in [0.25, 0.3) is 0 Å². The predicted molar refractivity (Wildman–Crippen MR) is 205 cm³/mol. The highest BCUT2D eigenvalue weighted by molar-refractivity contribution is 6.30. The zero-order chi connectivity index (χ0) is 40.7. The summed E-state index contributed by atoms with van der Waals surface area (Å²) >= 11 is 5.96. The minimum atomic E-state index is -0.912. The van der Waals surface area contributed by atoms with Gasteiger partial charge in [0.1, 0.15) is 37.4 Å². The smallest absolute Gasteiger partial charge is 0.330 e. The molecule has 1 aliphatic carbocycles. The third-order valence-electron chi connectivity index (χ3n) is 8.79. The number of rotatable bonds is 25. The van der Waals surface area contributed by atoms with Crippen LogP contribution >= 0.6 is 11.6 Å². The van der Waals surface area contributed by atoms with Gasteiger partial charge in [0.2, 0.25) is 5.91 Å². The van der Waals surface area contributed by atoms with Crippen LogP contribution in [-0.4, -0.2) is 90.0 Å². The fourth-order valence-corrected chi connectivity index (χ4v) is 6.05. The highest BCUT2D eigenvalue weighted by atomic mass is 35.5. The molecule has 1 amide bonds. The Morgan fingerprint density at radius 1 is 1.04 bits per heavy atom. The number of benzene rings is 2. The van der Waals surface area contributed by atoms with Crippen molar-refractivity contribution < 1.29 is 58.6 Å². The fraction of sp³-hybridized carbons (Fsp3) is 0.475. The largest absolute Gasteiger partial charge is 0.496 e. The summed E-state index contributed by atoms with van der Waals surface area (Å²) in [6.45, 7) is -0.290. The van der Waals surface area contributed by atoms with Gasteiger partial charge in [-0.1, -0.05) is 60.2 Å². The summed E-state index contributed by atoms with van der Waals surface area (Å²) in [5, 5.41) is 43.7. The van der Waals surface area contributed by atoms with Gasteiger partial charge in [-0.2, -0.15) is 0 Å². The van der Waals surface area contributed by atoms with Gasteiger partial charge < -0.3 is 44.4 Å². The zero-order valence-electron chi connectivity index (χ0n) is 31.3. The Balaban J connectivity index is 1.29. The van der Waals surface area contributed by atoms with E-state index in [1.54, 1.807) is 60.7 Å². The average molecular weight is 803 g/mol. The Morgan fingerprint density at radius 2 is 1.84 bits per heavy atom. The Morgan fingerprint density at radius 3 is 2.61 bits per heavy atom. The molecule has 0 bridgehead atoms. The molecule has 0 radical (unpaired) electrons. The van der Waals surface area contributed by atoms with Crippen molar-refractivity contribution in [2.45, 2.75) is 76.3 Å². The lowest BCUT2D eigenvalue weighted by Crippen LogP contribution is -2.30. The standard InChI is InChI=1S/C40H51ClN2O13/c1-52-37-22-28(10-8-15-39(48)53-20-6-7-21-56-43(50)51)16-17-29(37)26-55-40(49)25-42-38(47)14-5-3-2-4-13-33-34(36(46)24-35(33)45)19-18-31(44)27-54-32-12-9-11-30(41)23-32/h2,4,8-9,11-12,15-19,22-23,31,33-36,44-46H,3,5-7,10,13-14,20-21,24-27H2,1H3,(H,42,47)/b4-2-,15-8+,19-18+/t31-,33-,34-,35+,36-/m1/s1. The highest BCUT2D eigenvalue weighted by Crippen LogP contribution is 2.36. The number of hydrogen-bond donors (Lipinski definition) is 4. The summed E-state index contributed by atoms with van der Waals surface area (Å²) in [7, 11) is 1.48. The van der Waals surface area contributed by atoms with Gasteiger partial charge in [0.05, 0.1) is 32.5 Å². The molecule has 3 rings (SSSR count). The van der Waals surface area contributed by atoms with Crippen molar-refractivity contribution in [3.8, 4) is 11.5 Å². The first-order valence-corrected chi connectivity index (χ1v) is 18.8. The quantitative estimate of drug-likeness (QED) is 0.0270. The summed E-state index contributed by atoms with van der Waals surface area (Å²) in [6.07, 6.45) is 11.0. The van der Waals surface area contributed by atoms with Crippen LogP contribution in [0, 0.1) is 22.0 Å². The molecule has 1 aliphatic rings. The van der Waals surface area contributed by atoms with Crippen LogP contribution in [0.5, 0.6) is 11.5 Å². The van der Waals surface area contributed by atoms with Crippen molar-refractivity contribution in [3.63, 3.8) is 0 Å². The molecule has 306 valence electrons. The molecular formula is C40H51ClN2O13.